The van der Waals surface area contributed by atoms with Gasteiger partial charge < -0.3 is 15.4 Å². The molecule has 1 unspecified atom stereocenters. The predicted octanol–water partition coefficient (Wildman–Crippen LogP) is 1.28. The number of pyridine rings is 1. The second kappa shape index (κ2) is 6.45. The van der Waals surface area contributed by atoms with Crippen LogP contribution in [0.5, 0.6) is 0 Å². The van der Waals surface area contributed by atoms with Crippen molar-refractivity contribution in [2.75, 3.05) is 27.3 Å². The molecular formula is C15H19N3O2. The number of methoxy groups -OCH3 is 1. The van der Waals surface area contributed by atoms with Crippen molar-refractivity contribution in [1.82, 2.24) is 9.88 Å². The van der Waals surface area contributed by atoms with Gasteiger partial charge in [0.05, 0.1) is 17.7 Å². The van der Waals surface area contributed by atoms with Gasteiger partial charge in [-0.3, -0.25) is 9.78 Å². The van der Waals surface area contributed by atoms with E-state index in [1.54, 1.807) is 31.3 Å². The Morgan fingerprint density at radius 3 is 2.90 bits per heavy atom. The fraction of sp³-hybridized carbons (Fsp3) is 0.333. The number of carbonyl (C=O) groups is 1. The van der Waals surface area contributed by atoms with E-state index in [4.69, 9.17) is 10.5 Å². The van der Waals surface area contributed by atoms with Gasteiger partial charge in [0, 0.05) is 38.3 Å². The lowest BCUT2D eigenvalue weighted by Gasteiger charge is -2.21. The van der Waals surface area contributed by atoms with E-state index < -0.39 is 0 Å². The third-order valence-electron chi connectivity index (χ3n) is 3.10. The quantitative estimate of drug-likeness (QED) is 0.891. The molecule has 0 aliphatic heterocycles. The molecule has 5 nitrogen and oxygen atoms in total. The van der Waals surface area contributed by atoms with Crippen LogP contribution in [0.25, 0.3) is 10.9 Å². The van der Waals surface area contributed by atoms with Gasteiger partial charge in [-0.2, -0.15) is 0 Å². The Morgan fingerprint density at radius 2 is 2.15 bits per heavy atom. The zero-order valence-corrected chi connectivity index (χ0v) is 11.7. The molecule has 0 aliphatic carbocycles. The van der Waals surface area contributed by atoms with Crippen LogP contribution in [0.3, 0.4) is 0 Å². The van der Waals surface area contributed by atoms with Crippen molar-refractivity contribution < 1.29 is 9.53 Å². The van der Waals surface area contributed by atoms with Gasteiger partial charge in [-0.25, -0.2) is 0 Å². The molecule has 1 aromatic heterocycles. The van der Waals surface area contributed by atoms with Crippen molar-refractivity contribution in [3.05, 3.63) is 42.1 Å². The van der Waals surface area contributed by atoms with Crippen molar-refractivity contribution in [1.29, 1.82) is 0 Å². The number of likely N-dealkylation sites (N-methyl/N-ethyl adjacent to an activating group) is 1. The number of nitrogens with two attached hydrogens (primary N) is 1. The van der Waals surface area contributed by atoms with E-state index in [1.807, 2.05) is 24.3 Å². The van der Waals surface area contributed by atoms with E-state index in [1.165, 1.54) is 0 Å². The lowest BCUT2D eigenvalue weighted by Crippen LogP contribution is -2.41. The second-order valence-corrected chi connectivity index (χ2v) is 4.78. The molecule has 0 saturated heterocycles. The highest BCUT2D eigenvalue weighted by Gasteiger charge is 2.17. The Morgan fingerprint density at radius 1 is 1.40 bits per heavy atom. The lowest BCUT2D eigenvalue weighted by atomic mass is 10.1. The van der Waals surface area contributed by atoms with Crippen LogP contribution in [0.4, 0.5) is 0 Å². The number of ether oxygens (including phenoxy) is 1. The van der Waals surface area contributed by atoms with E-state index in [2.05, 4.69) is 4.98 Å². The summed E-state index contributed by atoms with van der Waals surface area (Å²) >= 11 is 0. The van der Waals surface area contributed by atoms with E-state index in [0.29, 0.717) is 24.2 Å². The summed E-state index contributed by atoms with van der Waals surface area (Å²) in [6.07, 6.45) is 1.69. The molecule has 5 heteroatoms. The summed E-state index contributed by atoms with van der Waals surface area (Å²) in [6.45, 7) is 0.862. The summed E-state index contributed by atoms with van der Waals surface area (Å²) in [7, 11) is 3.33. The maximum atomic E-state index is 12.5. The summed E-state index contributed by atoms with van der Waals surface area (Å²) in [6, 6.07) is 9.19. The minimum atomic E-state index is -0.197. The maximum absolute atomic E-state index is 12.5. The number of hydrogen-bond donors (Lipinski definition) is 1. The molecule has 1 heterocycles. The molecule has 106 valence electrons. The summed E-state index contributed by atoms with van der Waals surface area (Å²) < 4.78 is 4.98. The van der Waals surface area contributed by atoms with Crippen LogP contribution in [-0.2, 0) is 4.74 Å². The molecule has 0 spiro atoms. The highest BCUT2D eigenvalue weighted by atomic mass is 16.5. The van der Waals surface area contributed by atoms with Gasteiger partial charge in [-0.05, 0) is 12.1 Å². The largest absolute Gasteiger partial charge is 0.383 e. The van der Waals surface area contributed by atoms with Crippen molar-refractivity contribution in [3.8, 4) is 0 Å². The normalized spacial score (nSPS) is 12.3. The van der Waals surface area contributed by atoms with Gasteiger partial charge in [-0.15, -0.1) is 0 Å². The van der Waals surface area contributed by atoms with Crippen LogP contribution in [-0.4, -0.2) is 49.1 Å². The molecular weight excluding hydrogens is 254 g/mol. The Balaban J connectivity index is 2.23. The van der Waals surface area contributed by atoms with Crippen LogP contribution >= 0.6 is 0 Å². The smallest absolute Gasteiger partial charge is 0.255 e. The van der Waals surface area contributed by atoms with Crippen LogP contribution in [0.2, 0.25) is 0 Å². The minimum absolute atomic E-state index is 0.0825. The van der Waals surface area contributed by atoms with Gasteiger partial charge in [0.2, 0.25) is 0 Å². The van der Waals surface area contributed by atoms with Crippen LogP contribution in [0.15, 0.2) is 36.5 Å². The number of benzene rings is 1. The van der Waals surface area contributed by atoms with E-state index in [0.717, 1.165) is 5.39 Å². The van der Waals surface area contributed by atoms with Crippen LogP contribution < -0.4 is 5.73 Å². The number of amides is 1. The van der Waals surface area contributed by atoms with E-state index >= 15 is 0 Å². The minimum Gasteiger partial charge on any atom is -0.383 e. The highest BCUT2D eigenvalue weighted by molar-refractivity contribution is 6.05. The van der Waals surface area contributed by atoms with Crippen LogP contribution in [0.1, 0.15) is 10.4 Å². The number of para-hydroxylation sites is 1. The first-order valence-corrected chi connectivity index (χ1v) is 6.47. The number of aromatic nitrogens is 1. The number of rotatable bonds is 5. The summed E-state index contributed by atoms with van der Waals surface area (Å²) in [5.74, 6) is -0.0825. The van der Waals surface area contributed by atoms with Crippen LogP contribution in [0, 0.1) is 0 Å². The SMILES string of the molecule is COCC(N)CN(C)C(=O)c1cccc2cccnc12. The van der Waals surface area contributed by atoms with Crippen molar-refractivity contribution in [2.24, 2.45) is 5.73 Å². The zero-order valence-electron chi connectivity index (χ0n) is 11.7. The zero-order chi connectivity index (χ0) is 14.5. The second-order valence-electron chi connectivity index (χ2n) is 4.78. The molecule has 1 amide bonds. The number of fused-ring (bicyclic) bond motifs is 1. The standard InChI is InChI=1S/C15H19N3O2/c1-18(9-12(16)10-20-2)15(19)13-7-3-5-11-6-4-8-17-14(11)13/h3-8,12H,9-10,16H2,1-2H3. The Bertz CT molecular complexity index is 595. The third-order valence-corrected chi connectivity index (χ3v) is 3.10. The monoisotopic (exact) mass is 273 g/mol. The molecule has 0 aliphatic rings. The predicted molar refractivity (Wildman–Crippen MR) is 78.6 cm³/mol. The summed E-state index contributed by atoms with van der Waals surface area (Å²) in [5, 5.41) is 0.952. The molecule has 2 aromatic rings. The average Bonchev–Trinajstić information content (AvgIpc) is 2.46. The van der Waals surface area contributed by atoms with Gasteiger partial charge in [-0.1, -0.05) is 18.2 Å². The Kier molecular flexibility index (Phi) is 4.65. The fourth-order valence-corrected chi connectivity index (χ4v) is 2.18. The molecule has 0 radical (unpaired) electrons. The van der Waals surface area contributed by atoms with Crippen molar-refractivity contribution >= 4 is 16.8 Å². The fourth-order valence-electron chi connectivity index (χ4n) is 2.18. The van der Waals surface area contributed by atoms with E-state index in [-0.39, 0.29) is 11.9 Å². The average molecular weight is 273 g/mol. The molecule has 1 atom stereocenters. The van der Waals surface area contributed by atoms with Gasteiger partial charge in [0.1, 0.15) is 0 Å². The lowest BCUT2D eigenvalue weighted by molar-refractivity contribution is 0.0766. The molecule has 20 heavy (non-hydrogen) atoms. The molecule has 2 N–H and O–H groups in total. The number of nitrogens with zero attached hydrogens (tertiary/aromatic N) is 2. The summed E-state index contributed by atoms with van der Waals surface area (Å²) in [4.78, 5) is 18.4. The maximum Gasteiger partial charge on any atom is 0.255 e. The van der Waals surface area contributed by atoms with Crippen molar-refractivity contribution in [2.45, 2.75) is 6.04 Å². The third kappa shape index (κ3) is 3.12. The Labute approximate surface area is 118 Å². The van der Waals surface area contributed by atoms with E-state index in [9.17, 15) is 4.79 Å². The first-order chi connectivity index (χ1) is 9.63. The summed E-state index contributed by atoms with van der Waals surface area (Å²) in [5.41, 5.74) is 7.19. The molecule has 1 aromatic carbocycles. The first kappa shape index (κ1) is 14.4. The highest BCUT2D eigenvalue weighted by Crippen LogP contribution is 2.17. The molecule has 0 saturated carbocycles. The van der Waals surface area contributed by atoms with Crippen molar-refractivity contribution in [3.63, 3.8) is 0 Å². The molecule has 0 bridgehead atoms. The van der Waals surface area contributed by atoms with Gasteiger partial charge in [0.15, 0.2) is 0 Å². The number of hydrogen-bond acceptors (Lipinski definition) is 4. The molecule has 2 rings (SSSR count). The van der Waals surface area contributed by atoms with Gasteiger partial charge in [0.25, 0.3) is 5.91 Å². The Hall–Kier alpha value is -1.98. The van der Waals surface area contributed by atoms with Gasteiger partial charge >= 0.3 is 0 Å². The first-order valence-electron chi connectivity index (χ1n) is 6.47. The number of carbonyl (C=O) groups excluding carboxylic acids is 1. The molecule has 0 fully saturated rings. The topological polar surface area (TPSA) is 68.5 Å².